The number of rotatable bonds is 1. The van der Waals surface area contributed by atoms with E-state index in [9.17, 15) is 0 Å². The van der Waals surface area contributed by atoms with Crippen molar-refractivity contribution in [2.24, 2.45) is 0 Å². The Labute approximate surface area is 77.0 Å². The lowest BCUT2D eigenvalue weighted by Gasteiger charge is -2.03. The first-order valence-electron chi connectivity index (χ1n) is 2.76. The molecule has 0 aliphatic carbocycles. The maximum Gasteiger partial charge on any atom is 0.244 e. The van der Waals surface area contributed by atoms with Gasteiger partial charge in [-0.05, 0) is 6.92 Å². The Bertz CT molecular complexity index is 195. The van der Waals surface area contributed by atoms with E-state index in [1.54, 1.807) is 0 Å². The fourth-order valence-corrected chi connectivity index (χ4v) is 0.531. The van der Waals surface area contributed by atoms with Crippen LogP contribution in [0.3, 0.4) is 0 Å². The second kappa shape index (κ2) is 3.75. The number of hydrogen-bond acceptors (Lipinski definition) is 3. The third-order valence-electron chi connectivity index (χ3n) is 0.985. The van der Waals surface area contributed by atoms with Crippen LogP contribution in [0.5, 0.6) is 0 Å². The molecule has 0 unspecified atom stereocenters. The molecule has 0 saturated carbocycles. The second-order valence-corrected chi connectivity index (χ2v) is 2.12. The largest absolute Gasteiger partial charge is 0.346 e. The summed E-state index contributed by atoms with van der Waals surface area (Å²) in [5, 5.41) is 6.65. The van der Waals surface area contributed by atoms with Crippen molar-refractivity contribution in [2.45, 2.75) is 6.92 Å². The predicted molar refractivity (Wildman–Crippen MR) is 50.9 cm³/mol. The molecule has 0 fully saturated rings. The summed E-state index contributed by atoms with van der Waals surface area (Å²) in [6.07, 6.45) is 0. The third kappa shape index (κ3) is 2.13. The average molecular weight is 254 g/mol. The number of nitrogens with zero attached hydrogens (tertiary/aromatic N) is 3. The summed E-state index contributed by atoms with van der Waals surface area (Å²) in [6, 6.07) is 0. The lowest BCUT2D eigenvalue weighted by Crippen LogP contribution is -2.10. The quantitative estimate of drug-likeness (QED) is 0.754. The molecule has 5 heteroatoms. The minimum atomic E-state index is 0. The van der Waals surface area contributed by atoms with E-state index in [0.717, 1.165) is 11.8 Å². The maximum absolute atomic E-state index is 4.07. The summed E-state index contributed by atoms with van der Waals surface area (Å²) < 4.78 is 0. The molecule has 0 aliphatic rings. The van der Waals surface area contributed by atoms with Crippen LogP contribution in [0.2, 0.25) is 0 Å². The van der Waals surface area contributed by atoms with Crippen LogP contribution in [0.25, 0.3) is 0 Å². The summed E-state index contributed by atoms with van der Waals surface area (Å²) in [4.78, 5) is 5.92. The van der Waals surface area contributed by atoms with Gasteiger partial charge in [0.25, 0.3) is 0 Å². The van der Waals surface area contributed by atoms with E-state index in [1.165, 1.54) is 0 Å². The van der Waals surface area contributed by atoms with Crippen LogP contribution in [0.1, 0.15) is 5.82 Å². The maximum atomic E-state index is 4.07. The number of aryl methyl sites for hydroxylation is 1. The minimum absolute atomic E-state index is 0. The van der Waals surface area contributed by atoms with Gasteiger partial charge in [0.15, 0.2) is 0 Å². The molecule has 1 rings (SSSR count). The zero-order valence-electron chi connectivity index (χ0n) is 6.25. The topological polar surface area (TPSA) is 44.8 Å². The lowest BCUT2D eigenvalue weighted by molar-refractivity contribution is 0.993. The molecule has 0 aliphatic heterocycles. The molecular formula is C5H11IN4. The minimum Gasteiger partial charge on any atom is -0.346 e. The molecule has 10 heavy (non-hydrogen) atoms. The number of hydrogen-bond donors (Lipinski definition) is 1. The van der Waals surface area contributed by atoms with Crippen LogP contribution >= 0.6 is 24.0 Å². The van der Waals surface area contributed by atoms with E-state index in [-0.39, 0.29) is 24.0 Å². The molecule has 0 atom stereocenters. The standard InChI is InChI=1S/C5H10N4.HI/c1-4-6-5(8-7-4)9(2)3;/h1-3H3,(H,6,7,8);1H. The van der Waals surface area contributed by atoms with Gasteiger partial charge in [-0.15, -0.1) is 29.1 Å². The Morgan fingerprint density at radius 2 is 2.00 bits per heavy atom. The van der Waals surface area contributed by atoms with E-state index in [2.05, 4.69) is 15.2 Å². The van der Waals surface area contributed by atoms with Gasteiger partial charge in [0.05, 0.1) is 0 Å². The predicted octanol–water partition coefficient (Wildman–Crippen LogP) is 0.797. The molecule has 58 valence electrons. The summed E-state index contributed by atoms with van der Waals surface area (Å²) in [5.74, 6) is 1.58. The van der Waals surface area contributed by atoms with Crippen LogP contribution in [0.4, 0.5) is 5.95 Å². The number of aromatic nitrogens is 3. The first-order valence-corrected chi connectivity index (χ1v) is 2.76. The average Bonchev–Trinajstić information content (AvgIpc) is 2.14. The van der Waals surface area contributed by atoms with Crippen molar-refractivity contribution < 1.29 is 0 Å². The van der Waals surface area contributed by atoms with Crippen LogP contribution in [-0.2, 0) is 0 Å². The van der Waals surface area contributed by atoms with Crippen molar-refractivity contribution in [1.29, 1.82) is 0 Å². The molecular weight excluding hydrogens is 243 g/mol. The molecule has 4 nitrogen and oxygen atoms in total. The van der Waals surface area contributed by atoms with E-state index in [0.29, 0.717) is 0 Å². The Kier molecular flexibility index (Phi) is 3.62. The van der Waals surface area contributed by atoms with Crippen LogP contribution < -0.4 is 4.90 Å². The normalized spacial score (nSPS) is 8.70. The Morgan fingerprint density at radius 3 is 2.20 bits per heavy atom. The van der Waals surface area contributed by atoms with Crippen molar-refractivity contribution in [1.82, 2.24) is 15.2 Å². The number of anilines is 1. The number of nitrogens with one attached hydrogen (secondary N) is 1. The van der Waals surface area contributed by atoms with Crippen LogP contribution in [0.15, 0.2) is 0 Å². The highest BCUT2D eigenvalue weighted by Gasteiger charge is 1.98. The molecule has 1 aromatic rings. The molecule has 0 bridgehead atoms. The number of halogens is 1. The molecule has 1 aromatic heterocycles. The smallest absolute Gasteiger partial charge is 0.244 e. The summed E-state index contributed by atoms with van der Waals surface area (Å²) >= 11 is 0. The Morgan fingerprint density at radius 1 is 1.40 bits per heavy atom. The number of H-pyrrole nitrogens is 1. The zero-order valence-corrected chi connectivity index (χ0v) is 8.58. The highest BCUT2D eigenvalue weighted by molar-refractivity contribution is 14.0. The fraction of sp³-hybridized carbons (Fsp3) is 0.600. The van der Waals surface area contributed by atoms with E-state index < -0.39 is 0 Å². The Balaban J connectivity index is 0.000000810. The summed E-state index contributed by atoms with van der Waals surface area (Å²) in [5.41, 5.74) is 0. The van der Waals surface area contributed by atoms with Gasteiger partial charge in [-0.1, -0.05) is 0 Å². The first-order chi connectivity index (χ1) is 4.20. The van der Waals surface area contributed by atoms with E-state index >= 15 is 0 Å². The highest BCUT2D eigenvalue weighted by Crippen LogP contribution is 1.99. The van der Waals surface area contributed by atoms with Gasteiger partial charge in [-0.3, -0.25) is 5.10 Å². The van der Waals surface area contributed by atoms with Crippen molar-refractivity contribution >= 4 is 29.9 Å². The van der Waals surface area contributed by atoms with Gasteiger partial charge in [-0.25, -0.2) is 0 Å². The zero-order chi connectivity index (χ0) is 6.85. The molecule has 1 heterocycles. The van der Waals surface area contributed by atoms with Gasteiger partial charge >= 0.3 is 0 Å². The SMILES string of the molecule is Cc1nc(N(C)C)n[nH]1.I. The summed E-state index contributed by atoms with van der Waals surface area (Å²) in [7, 11) is 3.81. The van der Waals surface area contributed by atoms with Gasteiger partial charge in [0.1, 0.15) is 5.82 Å². The molecule has 0 spiro atoms. The second-order valence-electron chi connectivity index (χ2n) is 2.12. The van der Waals surface area contributed by atoms with Crippen molar-refractivity contribution in [3.05, 3.63) is 5.82 Å². The molecule has 0 saturated heterocycles. The van der Waals surface area contributed by atoms with Gasteiger partial charge in [0, 0.05) is 14.1 Å². The van der Waals surface area contributed by atoms with E-state index in [4.69, 9.17) is 0 Å². The monoisotopic (exact) mass is 254 g/mol. The van der Waals surface area contributed by atoms with Crippen molar-refractivity contribution in [2.75, 3.05) is 19.0 Å². The molecule has 0 radical (unpaired) electrons. The Hall–Kier alpha value is -0.330. The van der Waals surface area contributed by atoms with Gasteiger partial charge in [0.2, 0.25) is 5.95 Å². The first kappa shape index (κ1) is 9.67. The molecule has 0 amide bonds. The van der Waals surface area contributed by atoms with Crippen LogP contribution in [0, 0.1) is 6.92 Å². The molecule has 1 N–H and O–H groups in total. The molecule has 0 aromatic carbocycles. The van der Waals surface area contributed by atoms with Gasteiger partial charge < -0.3 is 4.90 Å². The number of aromatic amines is 1. The highest BCUT2D eigenvalue weighted by atomic mass is 127. The summed E-state index contributed by atoms with van der Waals surface area (Å²) in [6.45, 7) is 1.88. The van der Waals surface area contributed by atoms with Crippen molar-refractivity contribution in [3.63, 3.8) is 0 Å². The lowest BCUT2D eigenvalue weighted by atomic mass is 10.7. The fourth-order valence-electron chi connectivity index (χ4n) is 0.531. The van der Waals surface area contributed by atoms with Gasteiger partial charge in [-0.2, -0.15) is 4.98 Å². The van der Waals surface area contributed by atoms with Crippen molar-refractivity contribution in [3.8, 4) is 0 Å². The van der Waals surface area contributed by atoms with E-state index in [1.807, 2.05) is 25.9 Å². The third-order valence-corrected chi connectivity index (χ3v) is 0.985. The van der Waals surface area contributed by atoms with Crippen LogP contribution in [-0.4, -0.2) is 29.3 Å².